The standard InChI is InChI=1S/C12H11FN2/c1-9(12-7-14-8-15(12)2)10-4-3-5-11(13)6-10/h3-8H,1H2,2H3. The minimum absolute atomic E-state index is 0.254. The SMILES string of the molecule is C=C(c1cccc(F)c1)c1cncn1C. The number of imidazole rings is 1. The maximum Gasteiger partial charge on any atom is 0.123 e. The monoisotopic (exact) mass is 202 g/mol. The van der Waals surface area contributed by atoms with Crippen molar-refractivity contribution in [1.29, 1.82) is 0 Å². The van der Waals surface area contributed by atoms with Crippen molar-refractivity contribution in [3.05, 3.63) is 60.4 Å². The molecule has 0 radical (unpaired) electrons. The van der Waals surface area contributed by atoms with E-state index in [0.29, 0.717) is 0 Å². The summed E-state index contributed by atoms with van der Waals surface area (Å²) in [5.41, 5.74) is 2.44. The van der Waals surface area contributed by atoms with Crippen LogP contribution in [0.15, 0.2) is 43.4 Å². The Morgan fingerprint density at radius 1 is 1.47 bits per heavy atom. The van der Waals surface area contributed by atoms with Crippen molar-refractivity contribution >= 4 is 5.57 Å². The quantitative estimate of drug-likeness (QED) is 0.732. The van der Waals surface area contributed by atoms with E-state index in [9.17, 15) is 4.39 Å². The van der Waals surface area contributed by atoms with Crippen molar-refractivity contribution in [2.45, 2.75) is 0 Å². The fourth-order valence-corrected chi connectivity index (χ4v) is 1.47. The summed E-state index contributed by atoms with van der Waals surface area (Å²) >= 11 is 0. The number of hydrogen-bond donors (Lipinski definition) is 0. The Balaban J connectivity index is 2.41. The summed E-state index contributed by atoms with van der Waals surface area (Å²) in [5, 5.41) is 0. The second-order valence-corrected chi connectivity index (χ2v) is 3.38. The van der Waals surface area contributed by atoms with Gasteiger partial charge in [-0.2, -0.15) is 0 Å². The molecule has 0 amide bonds. The third-order valence-corrected chi connectivity index (χ3v) is 2.30. The Morgan fingerprint density at radius 2 is 2.27 bits per heavy atom. The number of hydrogen-bond acceptors (Lipinski definition) is 1. The molecule has 1 aromatic carbocycles. The molecule has 0 bridgehead atoms. The van der Waals surface area contributed by atoms with E-state index in [1.165, 1.54) is 12.1 Å². The molecule has 2 aromatic rings. The van der Waals surface area contributed by atoms with Crippen molar-refractivity contribution in [3.8, 4) is 0 Å². The van der Waals surface area contributed by atoms with E-state index < -0.39 is 0 Å². The minimum atomic E-state index is -0.254. The van der Waals surface area contributed by atoms with E-state index in [-0.39, 0.29) is 5.82 Å². The molecule has 76 valence electrons. The Labute approximate surface area is 87.7 Å². The highest BCUT2D eigenvalue weighted by Crippen LogP contribution is 2.20. The number of aromatic nitrogens is 2. The molecule has 0 saturated carbocycles. The number of rotatable bonds is 2. The Hall–Kier alpha value is -1.90. The van der Waals surface area contributed by atoms with Crippen molar-refractivity contribution < 1.29 is 4.39 Å². The van der Waals surface area contributed by atoms with Gasteiger partial charge in [-0.1, -0.05) is 18.7 Å². The molecular formula is C12H11FN2. The van der Waals surface area contributed by atoms with Gasteiger partial charge < -0.3 is 4.57 Å². The van der Waals surface area contributed by atoms with E-state index in [4.69, 9.17) is 0 Å². The molecule has 0 saturated heterocycles. The second kappa shape index (κ2) is 3.69. The van der Waals surface area contributed by atoms with Gasteiger partial charge in [0.1, 0.15) is 5.82 Å². The lowest BCUT2D eigenvalue weighted by atomic mass is 10.1. The molecule has 0 aliphatic carbocycles. The Morgan fingerprint density at radius 3 is 2.87 bits per heavy atom. The summed E-state index contributed by atoms with van der Waals surface area (Å²) in [7, 11) is 1.88. The van der Waals surface area contributed by atoms with E-state index in [0.717, 1.165) is 16.8 Å². The molecule has 0 spiro atoms. The van der Waals surface area contributed by atoms with Gasteiger partial charge in [0.25, 0.3) is 0 Å². The van der Waals surface area contributed by atoms with Crippen LogP contribution in [0.25, 0.3) is 5.57 Å². The van der Waals surface area contributed by atoms with Crippen LogP contribution in [0.1, 0.15) is 11.3 Å². The first-order chi connectivity index (χ1) is 7.18. The van der Waals surface area contributed by atoms with Crippen LogP contribution in [0.2, 0.25) is 0 Å². The molecule has 2 nitrogen and oxygen atoms in total. The van der Waals surface area contributed by atoms with Crippen LogP contribution in [0.5, 0.6) is 0 Å². The molecule has 1 heterocycles. The first kappa shape index (κ1) is 9.65. The van der Waals surface area contributed by atoms with Crippen molar-refractivity contribution in [3.63, 3.8) is 0 Å². The average Bonchev–Trinajstić information content (AvgIpc) is 2.63. The van der Waals surface area contributed by atoms with Crippen LogP contribution in [-0.4, -0.2) is 9.55 Å². The normalized spacial score (nSPS) is 10.3. The summed E-state index contributed by atoms with van der Waals surface area (Å²) in [5.74, 6) is -0.254. The maximum atomic E-state index is 13.0. The van der Waals surface area contributed by atoms with Crippen molar-refractivity contribution in [2.75, 3.05) is 0 Å². The molecule has 3 heteroatoms. The predicted molar refractivity (Wildman–Crippen MR) is 57.7 cm³/mol. The molecule has 0 unspecified atom stereocenters. The molecule has 2 rings (SSSR count). The van der Waals surface area contributed by atoms with Crippen LogP contribution in [0.4, 0.5) is 4.39 Å². The largest absolute Gasteiger partial charge is 0.334 e. The number of aryl methyl sites for hydroxylation is 1. The first-order valence-electron chi connectivity index (χ1n) is 4.60. The summed E-state index contributed by atoms with van der Waals surface area (Å²) < 4.78 is 14.9. The van der Waals surface area contributed by atoms with Crippen LogP contribution >= 0.6 is 0 Å². The summed E-state index contributed by atoms with van der Waals surface area (Å²) in [6.45, 7) is 3.94. The lowest BCUT2D eigenvalue weighted by Crippen LogP contribution is -1.95. The van der Waals surface area contributed by atoms with E-state index in [1.807, 2.05) is 17.7 Å². The van der Waals surface area contributed by atoms with Gasteiger partial charge in [0.05, 0.1) is 18.2 Å². The third-order valence-electron chi connectivity index (χ3n) is 2.30. The lowest BCUT2D eigenvalue weighted by molar-refractivity contribution is 0.627. The van der Waals surface area contributed by atoms with Gasteiger partial charge in [0, 0.05) is 7.05 Å². The molecule has 1 aromatic heterocycles. The van der Waals surface area contributed by atoms with Crippen LogP contribution in [0.3, 0.4) is 0 Å². The van der Waals surface area contributed by atoms with E-state index in [1.54, 1.807) is 18.6 Å². The fourth-order valence-electron chi connectivity index (χ4n) is 1.47. The van der Waals surface area contributed by atoms with Gasteiger partial charge in [-0.15, -0.1) is 0 Å². The molecular weight excluding hydrogens is 191 g/mol. The summed E-state index contributed by atoms with van der Waals surface area (Å²) in [6, 6.07) is 6.39. The first-order valence-corrected chi connectivity index (χ1v) is 4.60. The third kappa shape index (κ3) is 1.81. The molecule has 0 atom stereocenters. The smallest absolute Gasteiger partial charge is 0.123 e. The summed E-state index contributed by atoms with van der Waals surface area (Å²) in [6.07, 6.45) is 3.41. The Bertz CT molecular complexity index is 500. The lowest BCUT2D eigenvalue weighted by Gasteiger charge is -2.06. The number of benzene rings is 1. The topological polar surface area (TPSA) is 17.8 Å². The molecule has 0 aliphatic rings. The van der Waals surface area contributed by atoms with Gasteiger partial charge in [-0.05, 0) is 23.3 Å². The van der Waals surface area contributed by atoms with Gasteiger partial charge in [0.15, 0.2) is 0 Å². The zero-order chi connectivity index (χ0) is 10.8. The zero-order valence-electron chi connectivity index (χ0n) is 8.44. The highest BCUT2D eigenvalue weighted by molar-refractivity contribution is 5.75. The number of halogens is 1. The van der Waals surface area contributed by atoms with Crippen LogP contribution < -0.4 is 0 Å². The van der Waals surface area contributed by atoms with Crippen molar-refractivity contribution in [1.82, 2.24) is 9.55 Å². The number of nitrogens with zero attached hydrogens (tertiary/aromatic N) is 2. The van der Waals surface area contributed by atoms with Crippen LogP contribution in [-0.2, 0) is 7.05 Å². The van der Waals surface area contributed by atoms with E-state index in [2.05, 4.69) is 11.6 Å². The molecule has 0 fully saturated rings. The minimum Gasteiger partial charge on any atom is -0.334 e. The van der Waals surface area contributed by atoms with Gasteiger partial charge in [-0.25, -0.2) is 9.37 Å². The Kier molecular flexibility index (Phi) is 2.37. The molecule has 0 aliphatic heterocycles. The average molecular weight is 202 g/mol. The predicted octanol–water partition coefficient (Wildman–Crippen LogP) is 2.62. The molecule has 15 heavy (non-hydrogen) atoms. The maximum absolute atomic E-state index is 13.0. The highest BCUT2D eigenvalue weighted by atomic mass is 19.1. The second-order valence-electron chi connectivity index (χ2n) is 3.38. The fraction of sp³-hybridized carbons (Fsp3) is 0.0833. The van der Waals surface area contributed by atoms with Gasteiger partial charge in [-0.3, -0.25) is 0 Å². The summed E-state index contributed by atoms with van der Waals surface area (Å²) in [4.78, 5) is 4.00. The van der Waals surface area contributed by atoms with Gasteiger partial charge >= 0.3 is 0 Å². The zero-order valence-corrected chi connectivity index (χ0v) is 8.44. The van der Waals surface area contributed by atoms with Gasteiger partial charge in [0.2, 0.25) is 0 Å². The van der Waals surface area contributed by atoms with Crippen LogP contribution in [0, 0.1) is 5.82 Å². The molecule has 0 N–H and O–H groups in total. The highest BCUT2D eigenvalue weighted by Gasteiger charge is 2.06. The van der Waals surface area contributed by atoms with E-state index >= 15 is 0 Å². The van der Waals surface area contributed by atoms with Crippen molar-refractivity contribution in [2.24, 2.45) is 7.05 Å².